The minimum absolute atomic E-state index is 0.143. The zero-order valence-corrected chi connectivity index (χ0v) is 13.1. The van der Waals surface area contributed by atoms with Gasteiger partial charge in [-0.1, -0.05) is 11.3 Å². The van der Waals surface area contributed by atoms with Gasteiger partial charge in [-0.15, -0.1) is 0 Å². The van der Waals surface area contributed by atoms with E-state index >= 15 is 0 Å². The van der Waals surface area contributed by atoms with E-state index in [9.17, 15) is 4.79 Å². The van der Waals surface area contributed by atoms with Gasteiger partial charge in [-0.2, -0.15) is 0 Å². The Morgan fingerprint density at radius 2 is 2.25 bits per heavy atom. The fourth-order valence-electron chi connectivity index (χ4n) is 1.79. The van der Waals surface area contributed by atoms with Gasteiger partial charge < -0.3 is 21.3 Å². The first-order valence-electron chi connectivity index (χ1n) is 6.95. The van der Waals surface area contributed by atoms with E-state index in [2.05, 4.69) is 27.4 Å². The van der Waals surface area contributed by atoms with Crippen LogP contribution in [0.4, 0.5) is 10.9 Å². The van der Waals surface area contributed by atoms with Crippen LogP contribution in [-0.2, 0) is 0 Å². The summed E-state index contributed by atoms with van der Waals surface area (Å²) in [6.45, 7) is 2.65. The lowest BCUT2D eigenvalue weighted by atomic mass is 9.93. The van der Waals surface area contributed by atoms with Gasteiger partial charge in [0.2, 0.25) is 0 Å². The number of hydrogen-bond donors (Lipinski definition) is 3. The number of rotatable bonds is 6. The molecule has 0 saturated heterocycles. The second-order valence-corrected chi connectivity index (χ2v) is 6.53. The van der Waals surface area contributed by atoms with Crippen LogP contribution in [0.15, 0.2) is 0 Å². The minimum atomic E-state index is -0.143. The zero-order valence-electron chi connectivity index (χ0n) is 12.3. The van der Waals surface area contributed by atoms with Gasteiger partial charge in [-0.05, 0) is 40.3 Å². The molecule has 1 aliphatic carbocycles. The molecule has 2 rings (SSSR count). The molecule has 20 heavy (non-hydrogen) atoms. The van der Waals surface area contributed by atoms with Crippen LogP contribution in [0, 0.1) is 0 Å². The van der Waals surface area contributed by atoms with Crippen molar-refractivity contribution >= 4 is 28.2 Å². The third-order valence-corrected chi connectivity index (χ3v) is 4.73. The van der Waals surface area contributed by atoms with Gasteiger partial charge in [0.15, 0.2) is 5.13 Å². The van der Waals surface area contributed by atoms with Gasteiger partial charge in [0, 0.05) is 18.6 Å². The molecule has 0 aliphatic heterocycles. The maximum atomic E-state index is 12.1. The van der Waals surface area contributed by atoms with Crippen molar-refractivity contribution in [3.05, 3.63) is 4.88 Å². The smallest absolute Gasteiger partial charge is 0.265 e. The monoisotopic (exact) mass is 297 g/mol. The SMILES string of the molecule is CC(CNC(=O)c1sc(NC2CCC2)nc1N)N(C)C. The van der Waals surface area contributed by atoms with Crippen molar-refractivity contribution in [3.63, 3.8) is 0 Å². The Morgan fingerprint density at radius 1 is 1.55 bits per heavy atom. The predicted molar refractivity (Wildman–Crippen MR) is 83.3 cm³/mol. The van der Waals surface area contributed by atoms with Crippen LogP contribution in [-0.4, -0.2) is 48.5 Å². The highest BCUT2D eigenvalue weighted by Gasteiger charge is 2.21. The van der Waals surface area contributed by atoms with Crippen LogP contribution >= 0.6 is 11.3 Å². The first-order valence-corrected chi connectivity index (χ1v) is 7.76. The summed E-state index contributed by atoms with van der Waals surface area (Å²) in [4.78, 5) is 18.9. The molecular weight excluding hydrogens is 274 g/mol. The molecule has 1 aromatic rings. The number of aromatic nitrogens is 1. The first kappa shape index (κ1) is 15.1. The van der Waals surface area contributed by atoms with Gasteiger partial charge in [-0.3, -0.25) is 4.79 Å². The standard InChI is InChI=1S/C13H23N5OS/c1-8(18(2)3)7-15-12(19)10-11(14)17-13(20-10)16-9-5-4-6-9/h8-9H,4-7,14H2,1-3H3,(H,15,19)(H,16,17). The van der Waals surface area contributed by atoms with E-state index in [0.29, 0.717) is 23.3 Å². The van der Waals surface area contributed by atoms with E-state index in [-0.39, 0.29) is 11.9 Å². The molecule has 1 aromatic heterocycles. The molecule has 6 nitrogen and oxygen atoms in total. The van der Waals surface area contributed by atoms with Crippen molar-refractivity contribution in [2.24, 2.45) is 0 Å². The number of nitrogens with one attached hydrogen (secondary N) is 2. The number of thiazole rings is 1. The number of anilines is 2. The summed E-state index contributed by atoms with van der Waals surface area (Å²) in [6.07, 6.45) is 3.59. The molecule has 0 bridgehead atoms. The Bertz CT molecular complexity index is 469. The van der Waals surface area contributed by atoms with Crippen LogP contribution in [0.2, 0.25) is 0 Å². The number of nitrogens with zero attached hydrogens (tertiary/aromatic N) is 2. The molecule has 1 saturated carbocycles. The fourth-order valence-corrected chi connectivity index (χ4v) is 2.66. The number of nitrogens with two attached hydrogens (primary N) is 1. The summed E-state index contributed by atoms with van der Waals surface area (Å²) in [6, 6.07) is 0.769. The average Bonchev–Trinajstić information content (AvgIpc) is 2.71. The van der Waals surface area contributed by atoms with Crippen LogP contribution in [0.1, 0.15) is 35.9 Å². The molecule has 0 aromatic carbocycles. The van der Waals surface area contributed by atoms with Gasteiger partial charge in [0.25, 0.3) is 5.91 Å². The number of amides is 1. The van der Waals surface area contributed by atoms with Crippen LogP contribution in [0.3, 0.4) is 0 Å². The molecule has 4 N–H and O–H groups in total. The molecule has 1 aliphatic rings. The van der Waals surface area contributed by atoms with E-state index in [1.165, 1.54) is 30.6 Å². The summed E-state index contributed by atoms with van der Waals surface area (Å²) in [7, 11) is 3.97. The molecule has 7 heteroatoms. The van der Waals surface area contributed by atoms with E-state index < -0.39 is 0 Å². The predicted octanol–water partition coefficient (Wildman–Crippen LogP) is 1.37. The number of hydrogen-bond acceptors (Lipinski definition) is 6. The average molecular weight is 297 g/mol. The topological polar surface area (TPSA) is 83.3 Å². The molecular formula is C13H23N5OS. The summed E-state index contributed by atoms with van der Waals surface area (Å²) >= 11 is 1.33. The second kappa shape index (κ2) is 6.41. The maximum Gasteiger partial charge on any atom is 0.265 e. The zero-order chi connectivity index (χ0) is 14.7. The highest BCUT2D eigenvalue weighted by molar-refractivity contribution is 7.18. The number of carbonyl (C=O) groups excluding carboxylic acids is 1. The molecule has 1 amide bonds. The quantitative estimate of drug-likeness (QED) is 0.738. The highest BCUT2D eigenvalue weighted by atomic mass is 32.1. The molecule has 1 fully saturated rings. The van der Waals surface area contributed by atoms with Crippen LogP contribution < -0.4 is 16.4 Å². The number of nitrogen functional groups attached to an aromatic ring is 1. The second-order valence-electron chi connectivity index (χ2n) is 5.53. The van der Waals surface area contributed by atoms with E-state index in [4.69, 9.17) is 5.73 Å². The van der Waals surface area contributed by atoms with Crippen molar-refractivity contribution in [3.8, 4) is 0 Å². The van der Waals surface area contributed by atoms with Crippen molar-refractivity contribution < 1.29 is 4.79 Å². The lowest BCUT2D eigenvalue weighted by Gasteiger charge is -2.25. The lowest BCUT2D eigenvalue weighted by Crippen LogP contribution is -2.38. The minimum Gasteiger partial charge on any atom is -0.382 e. The van der Waals surface area contributed by atoms with Crippen LogP contribution in [0.5, 0.6) is 0 Å². The maximum absolute atomic E-state index is 12.1. The Kier molecular flexibility index (Phi) is 4.82. The molecule has 1 heterocycles. The highest BCUT2D eigenvalue weighted by Crippen LogP contribution is 2.29. The molecule has 1 unspecified atom stereocenters. The molecule has 0 spiro atoms. The first-order chi connectivity index (χ1) is 9.47. The van der Waals surface area contributed by atoms with Crippen molar-refractivity contribution in [2.45, 2.75) is 38.3 Å². The van der Waals surface area contributed by atoms with Crippen molar-refractivity contribution in [1.29, 1.82) is 0 Å². The van der Waals surface area contributed by atoms with E-state index in [0.717, 1.165) is 5.13 Å². The normalized spacial score (nSPS) is 16.8. The van der Waals surface area contributed by atoms with E-state index in [1.54, 1.807) is 0 Å². The van der Waals surface area contributed by atoms with Crippen molar-refractivity contribution in [1.82, 2.24) is 15.2 Å². The number of likely N-dealkylation sites (N-methyl/N-ethyl adjacent to an activating group) is 1. The van der Waals surface area contributed by atoms with Gasteiger partial charge in [0.1, 0.15) is 10.7 Å². The third-order valence-electron chi connectivity index (χ3n) is 3.73. The fraction of sp³-hybridized carbons (Fsp3) is 0.692. The lowest BCUT2D eigenvalue weighted by molar-refractivity contribution is 0.0948. The van der Waals surface area contributed by atoms with Gasteiger partial charge in [0.05, 0.1) is 0 Å². The largest absolute Gasteiger partial charge is 0.382 e. The Morgan fingerprint density at radius 3 is 2.80 bits per heavy atom. The molecule has 1 atom stereocenters. The summed E-state index contributed by atoms with van der Waals surface area (Å²) < 4.78 is 0. The third kappa shape index (κ3) is 3.61. The molecule has 0 radical (unpaired) electrons. The Balaban J connectivity index is 1.91. The van der Waals surface area contributed by atoms with Gasteiger partial charge >= 0.3 is 0 Å². The van der Waals surface area contributed by atoms with E-state index in [1.807, 2.05) is 14.1 Å². The Hall–Kier alpha value is -1.34. The van der Waals surface area contributed by atoms with Crippen LogP contribution in [0.25, 0.3) is 0 Å². The molecule has 112 valence electrons. The number of carbonyl (C=O) groups is 1. The summed E-state index contributed by atoms with van der Waals surface area (Å²) in [5.41, 5.74) is 5.83. The summed E-state index contributed by atoms with van der Waals surface area (Å²) in [5.74, 6) is 0.169. The van der Waals surface area contributed by atoms with Gasteiger partial charge in [-0.25, -0.2) is 4.98 Å². The summed E-state index contributed by atoms with van der Waals surface area (Å²) in [5, 5.41) is 6.96. The van der Waals surface area contributed by atoms with Crippen molar-refractivity contribution in [2.75, 3.05) is 31.7 Å². The Labute approximate surface area is 123 Å².